The predicted octanol–water partition coefficient (Wildman–Crippen LogP) is 2.11. The molecular formula is C9H12BrN3O. The predicted molar refractivity (Wildman–Crippen MR) is 59.9 cm³/mol. The molecule has 0 aliphatic rings. The zero-order valence-corrected chi connectivity index (χ0v) is 9.76. The number of anilines is 1. The number of halogens is 1. The lowest BCUT2D eigenvalue weighted by atomic mass is 10.3. The number of hydrogen-bond donors (Lipinski definition) is 1. The number of aromatic nitrogens is 2. The Morgan fingerprint density at radius 1 is 1.64 bits per heavy atom. The van der Waals surface area contributed by atoms with Gasteiger partial charge in [0.2, 0.25) is 5.88 Å². The standard InChI is InChI=1S/C9H12BrN3O/c1-6(10)4-11-8-7(2)9(14-3)13-5-12-8/h5H,1,4H2,2-3H3,(H,11,12,13). The van der Waals surface area contributed by atoms with Gasteiger partial charge in [-0.3, -0.25) is 0 Å². The lowest BCUT2D eigenvalue weighted by Gasteiger charge is -2.09. The van der Waals surface area contributed by atoms with E-state index in [0.29, 0.717) is 12.4 Å². The van der Waals surface area contributed by atoms with Crippen molar-refractivity contribution in [1.29, 1.82) is 0 Å². The fourth-order valence-electron chi connectivity index (χ4n) is 0.998. The van der Waals surface area contributed by atoms with Crippen LogP contribution in [-0.2, 0) is 0 Å². The fourth-order valence-corrected chi connectivity index (χ4v) is 1.14. The van der Waals surface area contributed by atoms with E-state index in [9.17, 15) is 0 Å². The number of hydrogen-bond acceptors (Lipinski definition) is 4. The molecular weight excluding hydrogens is 246 g/mol. The van der Waals surface area contributed by atoms with E-state index in [1.165, 1.54) is 6.33 Å². The lowest BCUT2D eigenvalue weighted by Crippen LogP contribution is -2.06. The molecule has 1 rings (SSSR count). The molecule has 0 aliphatic heterocycles. The summed E-state index contributed by atoms with van der Waals surface area (Å²) in [7, 11) is 1.59. The number of nitrogens with zero attached hydrogens (tertiary/aromatic N) is 2. The van der Waals surface area contributed by atoms with Crippen LogP contribution in [0, 0.1) is 6.92 Å². The molecule has 0 amide bonds. The summed E-state index contributed by atoms with van der Waals surface area (Å²) in [5.41, 5.74) is 0.892. The van der Waals surface area contributed by atoms with Gasteiger partial charge < -0.3 is 10.1 Å². The van der Waals surface area contributed by atoms with Crippen LogP contribution < -0.4 is 10.1 Å². The van der Waals surface area contributed by atoms with Gasteiger partial charge in [-0.1, -0.05) is 22.5 Å². The summed E-state index contributed by atoms with van der Waals surface area (Å²) in [5, 5.41) is 3.11. The third kappa shape index (κ3) is 2.70. The van der Waals surface area contributed by atoms with E-state index in [0.717, 1.165) is 15.9 Å². The molecule has 1 aromatic heterocycles. The van der Waals surface area contributed by atoms with E-state index in [4.69, 9.17) is 4.74 Å². The summed E-state index contributed by atoms with van der Waals surface area (Å²) in [4.78, 5) is 8.07. The van der Waals surface area contributed by atoms with Crippen molar-refractivity contribution in [2.24, 2.45) is 0 Å². The van der Waals surface area contributed by atoms with Crippen LogP contribution in [0.1, 0.15) is 5.56 Å². The van der Waals surface area contributed by atoms with Crippen molar-refractivity contribution in [2.45, 2.75) is 6.92 Å². The second-order valence-electron chi connectivity index (χ2n) is 2.73. The van der Waals surface area contributed by atoms with Crippen molar-refractivity contribution in [3.63, 3.8) is 0 Å². The monoisotopic (exact) mass is 257 g/mol. The fraction of sp³-hybridized carbons (Fsp3) is 0.333. The van der Waals surface area contributed by atoms with Gasteiger partial charge in [0.05, 0.1) is 12.7 Å². The molecule has 1 aromatic rings. The van der Waals surface area contributed by atoms with E-state index in [1.807, 2.05) is 6.92 Å². The Morgan fingerprint density at radius 2 is 2.36 bits per heavy atom. The average Bonchev–Trinajstić information content (AvgIpc) is 2.16. The van der Waals surface area contributed by atoms with E-state index < -0.39 is 0 Å². The maximum absolute atomic E-state index is 5.07. The van der Waals surface area contributed by atoms with Gasteiger partial charge in [-0.2, -0.15) is 0 Å². The van der Waals surface area contributed by atoms with Crippen LogP contribution in [0.3, 0.4) is 0 Å². The molecule has 0 radical (unpaired) electrons. The van der Waals surface area contributed by atoms with Gasteiger partial charge in [0, 0.05) is 11.0 Å². The van der Waals surface area contributed by atoms with E-state index in [-0.39, 0.29) is 0 Å². The van der Waals surface area contributed by atoms with Crippen molar-refractivity contribution < 1.29 is 4.74 Å². The average molecular weight is 258 g/mol. The van der Waals surface area contributed by atoms with Crippen molar-refractivity contribution in [2.75, 3.05) is 19.0 Å². The van der Waals surface area contributed by atoms with Gasteiger partial charge >= 0.3 is 0 Å². The third-order valence-corrected chi connectivity index (χ3v) is 1.96. The molecule has 4 nitrogen and oxygen atoms in total. The maximum atomic E-state index is 5.07. The quantitative estimate of drug-likeness (QED) is 0.898. The summed E-state index contributed by atoms with van der Waals surface area (Å²) in [6, 6.07) is 0. The van der Waals surface area contributed by atoms with Crippen molar-refractivity contribution in [1.82, 2.24) is 9.97 Å². The number of methoxy groups -OCH3 is 1. The molecule has 0 fully saturated rings. The van der Waals surface area contributed by atoms with Gasteiger partial charge in [-0.25, -0.2) is 9.97 Å². The minimum atomic E-state index is 0.586. The SMILES string of the molecule is C=C(Br)CNc1ncnc(OC)c1C. The Kier molecular flexibility index (Phi) is 3.88. The highest BCUT2D eigenvalue weighted by atomic mass is 79.9. The molecule has 0 unspecified atom stereocenters. The summed E-state index contributed by atoms with van der Waals surface area (Å²) in [5.74, 6) is 1.35. The topological polar surface area (TPSA) is 47.0 Å². The summed E-state index contributed by atoms with van der Waals surface area (Å²) in [6.45, 7) is 6.25. The molecule has 0 spiro atoms. The normalized spacial score (nSPS) is 9.64. The molecule has 0 bridgehead atoms. The first-order valence-electron chi connectivity index (χ1n) is 4.08. The number of rotatable bonds is 4. The second-order valence-corrected chi connectivity index (χ2v) is 3.85. The van der Waals surface area contributed by atoms with Gasteiger partial charge in [0.15, 0.2) is 0 Å². The van der Waals surface area contributed by atoms with Crippen LogP contribution in [0.15, 0.2) is 17.4 Å². The summed E-state index contributed by atoms with van der Waals surface area (Å²) in [6.07, 6.45) is 1.46. The van der Waals surface area contributed by atoms with Crippen LogP contribution >= 0.6 is 15.9 Å². The highest BCUT2D eigenvalue weighted by Crippen LogP contribution is 2.19. The van der Waals surface area contributed by atoms with Crippen molar-refractivity contribution in [3.05, 3.63) is 23.0 Å². The Labute approximate surface area is 91.5 Å². The molecule has 1 N–H and O–H groups in total. The first-order valence-corrected chi connectivity index (χ1v) is 4.87. The summed E-state index contributed by atoms with van der Waals surface area (Å²) < 4.78 is 5.94. The largest absolute Gasteiger partial charge is 0.481 e. The van der Waals surface area contributed by atoms with E-state index in [1.54, 1.807) is 7.11 Å². The molecule has 0 aliphatic carbocycles. The first-order chi connectivity index (χ1) is 6.65. The van der Waals surface area contributed by atoms with Gasteiger partial charge in [-0.15, -0.1) is 0 Å². The van der Waals surface area contributed by atoms with Gasteiger partial charge in [0.1, 0.15) is 12.1 Å². The third-order valence-electron chi connectivity index (χ3n) is 1.68. The summed E-state index contributed by atoms with van der Waals surface area (Å²) >= 11 is 3.26. The second kappa shape index (κ2) is 4.95. The minimum absolute atomic E-state index is 0.586. The van der Waals surface area contributed by atoms with Gasteiger partial charge in [-0.05, 0) is 6.92 Å². The number of nitrogens with one attached hydrogen (secondary N) is 1. The van der Waals surface area contributed by atoms with E-state index >= 15 is 0 Å². The molecule has 14 heavy (non-hydrogen) atoms. The molecule has 76 valence electrons. The Balaban J connectivity index is 2.81. The molecule has 0 saturated carbocycles. The van der Waals surface area contributed by atoms with Gasteiger partial charge in [0.25, 0.3) is 0 Å². The van der Waals surface area contributed by atoms with Crippen molar-refractivity contribution >= 4 is 21.7 Å². The molecule has 0 saturated heterocycles. The number of ether oxygens (including phenoxy) is 1. The zero-order valence-electron chi connectivity index (χ0n) is 8.17. The molecule has 0 aromatic carbocycles. The Bertz CT molecular complexity index is 341. The zero-order chi connectivity index (χ0) is 10.6. The molecule has 1 heterocycles. The highest BCUT2D eigenvalue weighted by molar-refractivity contribution is 9.11. The Morgan fingerprint density at radius 3 is 2.93 bits per heavy atom. The lowest BCUT2D eigenvalue weighted by molar-refractivity contribution is 0.394. The van der Waals surface area contributed by atoms with Crippen LogP contribution in [0.4, 0.5) is 5.82 Å². The van der Waals surface area contributed by atoms with Crippen LogP contribution in [0.5, 0.6) is 5.88 Å². The van der Waals surface area contributed by atoms with Crippen molar-refractivity contribution in [3.8, 4) is 5.88 Å². The maximum Gasteiger partial charge on any atom is 0.221 e. The first kappa shape index (κ1) is 11.0. The van der Waals surface area contributed by atoms with Crippen LogP contribution in [0.2, 0.25) is 0 Å². The smallest absolute Gasteiger partial charge is 0.221 e. The van der Waals surface area contributed by atoms with E-state index in [2.05, 4.69) is 37.8 Å². The van der Waals surface area contributed by atoms with Crippen LogP contribution in [-0.4, -0.2) is 23.6 Å². The highest BCUT2D eigenvalue weighted by Gasteiger charge is 2.05. The molecule has 5 heteroatoms. The molecule has 0 atom stereocenters. The Hall–Kier alpha value is -1.10. The van der Waals surface area contributed by atoms with Crippen LogP contribution in [0.25, 0.3) is 0 Å². The minimum Gasteiger partial charge on any atom is -0.481 e.